The van der Waals surface area contributed by atoms with Crippen molar-refractivity contribution < 1.29 is 4.79 Å². The Kier molecular flexibility index (Phi) is 6.83. The van der Waals surface area contributed by atoms with E-state index in [0.717, 1.165) is 11.3 Å². The van der Waals surface area contributed by atoms with E-state index in [2.05, 4.69) is 46.1 Å². The van der Waals surface area contributed by atoms with Crippen LogP contribution < -0.4 is 11.5 Å². The second-order valence-electron chi connectivity index (χ2n) is 6.19. The van der Waals surface area contributed by atoms with E-state index in [1.165, 1.54) is 22.2 Å². The molecule has 1 aromatic carbocycles. The summed E-state index contributed by atoms with van der Waals surface area (Å²) in [5, 5.41) is 0.355. The molecule has 4 N–H and O–H groups in total. The number of carbonyl (C=O) groups excluding carboxylic acids is 1. The molecule has 0 bridgehead atoms. The first-order valence-corrected chi connectivity index (χ1v) is 10.6. The van der Waals surface area contributed by atoms with Gasteiger partial charge in [-0.05, 0) is 31.0 Å². The Morgan fingerprint density at radius 3 is 2.43 bits per heavy atom. The summed E-state index contributed by atoms with van der Waals surface area (Å²) in [5.41, 5.74) is 12.4. The molecular weight excluding hydrogens is 392 g/mol. The summed E-state index contributed by atoms with van der Waals surface area (Å²) >= 11 is 2.92. The van der Waals surface area contributed by atoms with E-state index in [1.807, 2.05) is 23.1 Å². The van der Waals surface area contributed by atoms with Gasteiger partial charge in [0.25, 0.3) is 0 Å². The molecule has 2 aromatic heterocycles. The predicted octanol–water partition coefficient (Wildman–Crippen LogP) is 2.77. The number of benzene rings is 1. The van der Waals surface area contributed by atoms with Crippen molar-refractivity contribution in [3.05, 3.63) is 57.8 Å². The third-order valence-corrected chi connectivity index (χ3v) is 5.80. The number of rotatable bonds is 8. The summed E-state index contributed by atoms with van der Waals surface area (Å²) in [6, 6.07) is 14.3. The third kappa shape index (κ3) is 5.93. The van der Waals surface area contributed by atoms with Crippen LogP contribution in [0.15, 0.2) is 47.6 Å². The van der Waals surface area contributed by atoms with Crippen molar-refractivity contribution in [2.45, 2.75) is 25.0 Å². The molecule has 0 spiro atoms. The Labute approximate surface area is 172 Å². The standard InChI is InChI=1S/C19H22N6OS2/c1-13-7-8-15(28-13)11-25(10-9-14-5-3-2-4-6-14)16(26)12-27-19-23-17(20)22-18(21)24-19/h2-8H,9-12H2,1H3,(H4,20,21,22,23,24). The SMILES string of the molecule is Cc1ccc(CN(CCc2ccccc2)C(=O)CSc2nc(N)nc(N)n2)s1. The molecule has 146 valence electrons. The van der Waals surface area contributed by atoms with Gasteiger partial charge in [-0.2, -0.15) is 15.0 Å². The maximum Gasteiger partial charge on any atom is 0.233 e. The highest BCUT2D eigenvalue weighted by Gasteiger charge is 2.16. The van der Waals surface area contributed by atoms with Crippen LogP contribution in [0.3, 0.4) is 0 Å². The Hall–Kier alpha value is -2.65. The first-order chi connectivity index (χ1) is 13.5. The average molecular weight is 415 g/mol. The third-order valence-electron chi connectivity index (χ3n) is 3.98. The summed E-state index contributed by atoms with van der Waals surface area (Å²) in [4.78, 5) is 28.9. The van der Waals surface area contributed by atoms with Crippen LogP contribution in [0.4, 0.5) is 11.9 Å². The van der Waals surface area contributed by atoms with E-state index in [-0.39, 0.29) is 23.6 Å². The fraction of sp³-hybridized carbons (Fsp3) is 0.263. The molecule has 7 nitrogen and oxygen atoms in total. The van der Waals surface area contributed by atoms with Crippen molar-refractivity contribution in [2.75, 3.05) is 23.8 Å². The van der Waals surface area contributed by atoms with E-state index >= 15 is 0 Å². The van der Waals surface area contributed by atoms with Crippen LogP contribution in [-0.2, 0) is 17.8 Å². The Morgan fingerprint density at radius 2 is 1.79 bits per heavy atom. The fourth-order valence-electron chi connectivity index (χ4n) is 2.63. The van der Waals surface area contributed by atoms with Gasteiger partial charge in [0.2, 0.25) is 17.8 Å². The highest BCUT2D eigenvalue weighted by Crippen LogP contribution is 2.20. The molecule has 0 aliphatic heterocycles. The predicted molar refractivity (Wildman–Crippen MR) is 114 cm³/mol. The molecule has 28 heavy (non-hydrogen) atoms. The molecule has 3 aromatic rings. The molecule has 0 fully saturated rings. The van der Waals surface area contributed by atoms with Gasteiger partial charge in [0.15, 0.2) is 5.16 Å². The zero-order valence-corrected chi connectivity index (χ0v) is 17.2. The topological polar surface area (TPSA) is 111 Å². The van der Waals surface area contributed by atoms with Crippen molar-refractivity contribution in [3.8, 4) is 0 Å². The molecule has 3 rings (SSSR count). The molecule has 0 radical (unpaired) electrons. The molecule has 1 amide bonds. The van der Waals surface area contributed by atoms with Crippen molar-refractivity contribution in [3.63, 3.8) is 0 Å². The lowest BCUT2D eigenvalue weighted by molar-refractivity contribution is -0.128. The molecule has 0 saturated heterocycles. The van der Waals surface area contributed by atoms with Crippen LogP contribution in [-0.4, -0.2) is 38.1 Å². The minimum absolute atomic E-state index is 0.0181. The molecule has 0 saturated carbocycles. The summed E-state index contributed by atoms with van der Waals surface area (Å²) in [7, 11) is 0. The lowest BCUT2D eigenvalue weighted by Gasteiger charge is -2.22. The second kappa shape index (κ2) is 9.52. The number of aromatic nitrogens is 3. The molecule has 0 aliphatic carbocycles. The second-order valence-corrected chi connectivity index (χ2v) is 8.50. The van der Waals surface area contributed by atoms with Gasteiger partial charge in [-0.3, -0.25) is 4.79 Å². The van der Waals surface area contributed by atoms with Gasteiger partial charge in [0, 0.05) is 16.3 Å². The van der Waals surface area contributed by atoms with Gasteiger partial charge in [0.1, 0.15) is 0 Å². The molecule has 0 unspecified atom stereocenters. The van der Waals surface area contributed by atoms with E-state index in [0.29, 0.717) is 18.2 Å². The maximum absolute atomic E-state index is 12.9. The summed E-state index contributed by atoms with van der Waals surface area (Å²) in [5.74, 6) is 0.335. The number of nitrogens with two attached hydrogens (primary N) is 2. The lowest BCUT2D eigenvalue weighted by Crippen LogP contribution is -2.33. The quantitative estimate of drug-likeness (QED) is 0.545. The normalized spacial score (nSPS) is 10.8. The van der Waals surface area contributed by atoms with Gasteiger partial charge < -0.3 is 16.4 Å². The van der Waals surface area contributed by atoms with E-state index in [4.69, 9.17) is 11.5 Å². The van der Waals surface area contributed by atoms with E-state index < -0.39 is 0 Å². The highest BCUT2D eigenvalue weighted by atomic mass is 32.2. The number of nitrogen functional groups attached to an aromatic ring is 2. The Morgan fingerprint density at radius 1 is 1.07 bits per heavy atom. The number of nitrogens with zero attached hydrogens (tertiary/aromatic N) is 4. The van der Waals surface area contributed by atoms with E-state index in [1.54, 1.807) is 11.3 Å². The number of hydrogen-bond acceptors (Lipinski definition) is 8. The molecule has 0 aliphatic rings. The number of thioether (sulfide) groups is 1. The Bertz CT molecular complexity index is 911. The van der Waals surface area contributed by atoms with Gasteiger partial charge in [0.05, 0.1) is 12.3 Å². The smallest absolute Gasteiger partial charge is 0.233 e. The zero-order chi connectivity index (χ0) is 19.9. The molecule has 9 heteroatoms. The summed E-state index contributed by atoms with van der Waals surface area (Å²) in [6.45, 7) is 3.30. The minimum Gasteiger partial charge on any atom is -0.368 e. The first-order valence-electron chi connectivity index (χ1n) is 8.76. The summed E-state index contributed by atoms with van der Waals surface area (Å²) < 4.78 is 0. The first kappa shape index (κ1) is 20.1. The van der Waals surface area contributed by atoms with E-state index in [9.17, 15) is 4.79 Å². The van der Waals surface area contributed by atoms with Gasteiger partial charge in [-0.15, -0.1) is 11.3 Å². The van der Waals surface area contributed by atoms with Crippen molar-refractivity contribution in [1.29, 1.82) is 0 Å². The van der Waals surface area contributed by atoms with Crippen molar-refractivity contribution >= 4 is 40.9 Å². The largest absolute Gasteiger partial charge is 0.368 e. The van der Waals surface area contributed by atoms with Gasteiger partial charge in [-0.1, -0.05) is 42.1 Å². The van der Waals surface area contributed by atoms with Crippen LogP contribution in [0.2, 0.25) is 0 Å². The number of carbonyl (C=O) groups is 1. The fourth-order valence-corrected chi connectivity index (χ4v) is 4.29. The number of thiophene rings is 1. The van der Waals surface area contributed by atoms with Gasteiger partial charge in [-0.25, -0.2) is 0 Å². The molecule has 2 heterocycles. The van der Waals surface area contributed by atoms with Crippen LogP contribution >= 0.6 is 23.1 Å². The van der Waals surface area contributed by atoms with Crippen LogP contribution in [0.5, 0.6) is 0 Å². The maximum atomic E-state index is 12.9. The van der Waals surface area contributed by atoms with Crippen molar-refractivity contribution in [1.82, 2.24) is 19.9 Å². The van der Waals surface area contributed by atoms with Crippen LogP contribution in [0, 0.1) is 6.92 Å². The van der Waals surface area contributed by atoms with Crippen molar-refractivity contribution in [2.24, 2.45) is 0 Å². The number of hydrogen-bond donors (Lipinski definition) is 2. The monoisotopic (exact) mass is 414 g/mol. The number of anilines is 2. The molecular formula is C19H22N6OS2. The Balaban J connectivity index is 1.66. The molecule has 0 atom stereocenters. The summed E-state index contributed by atoms with van der Waals surface area (Å²) in [6.07, 6.45) is 0.799. The highest BCUT2D eigenvalue weighted by molar-refractivity contribution is 7.99. The lowest BCUT2D eigenvalue weighted by atomic mass is 10.1. The number of amides is 1. The van der Waals surface area contributed by atoms with Crippen LogP contribution in [0.25, 0.3) is 0 Å². The van der Waals surface area contributed by atoms with Crippen LogP contribution in [0.1, 0.15) is 15.3 Å². The zero-order valence-electron chi connectivity index (χ0n) is 15.5. The average Bonchev–Trinajstić information content (AvgIpc) is 3.08. The number of aryl methyl sites for hydroxylation is 1. The minimum atomic E-state index is 0.0181. The van der Waals surface area contributed by atoms with Gasteiger partial charge >= 0.3 is 0 Å².